The van der Waals surface area contributed by atoms with E-state index in [-0.39, 0.29) is 44.6 Å². The van der Waals surface area contributed by atoms with E-state index in [0.29, 0.717) is 0 Å². The summed E-state index contributed by atoms with van der Waals surface area (Å²) >= 11 is 2.03. The Morgan fingerprint density at radius 1 is 0.500 bits per heavy atom. The van der Waals surface area contributed by atoms with Gasteiger partial charge in [0.25, 0.3) is 6.71 Å². The molecule has 0 bridgehead atoms. The number of fused-ring (bicyclic) bond motifs is 5. The maximum absolute atomic E-state index is 4.28. The number of rotatable bonds is 4. The summed E-state index contributed by atoms with van der Waals surface area (Å²) in [6.07, 6.45) is 4.79. The van der Waals surface area contributed by atoms with Crippen LogP contribution in [0.15, 0.2) is 78.9 Å². The monoisotopic (exact) mass is 895 g/mol. The van der Waals surface area contributed by atoms with Gasteiger partial charge in [-0.3, -0.25) is 0 Å². The molecule has 5 aromatic carbocycles. The Labute approximate surface area is 404 Å². The van der Waals surface area contributed by atoms with E-state index in [1.54, 1.807) is 0 Å². The minimum absolute atomic E-state index is 0.00870. The van der Waals surface area contributed by atoms with Gasteiger partial charge in [-0.1, -0.05) is 160 Å². The summed E-state index contributed by atoms with van der Waals surface area (Å²) < 4.78 is 2.78. The molecule has 1 aliphatic heterocycles. The van der Waals surface area contributed by atoms with Gasteiger partial charge in [0.05, 0.1) is 5.69 Å². The van der Waals surface area contributed by atoms with Crippen LogP contribution in [-0.4, -0.2) is 6.71 Å². The fourth-order valence-corrected chi connectivity index (χ4v) is 13.0. The van der Waals surface area contributed by atoms with Crippen molar-refractivity contribution in [1.29, 1.82) is 0 Å². The van der Waals surface area contributed by atoms with Crippen molar-refractivity contribution in [3.8, 4) is 0 Å². The Bertz CT molecular complexity index is 2930. The smallest absolute Gasteiger partial charge is 0.262 e. The third-order valence-electron chi connectivity index (χ3n) is 16.6. The molecule has 0 unspecified atom stereocenters. The first-order chi connectivity index (χ1) is 30.4. The summed E-state index contributed by atoms with van der Waals surface area (Å²) in [4.78, 5) is 2.65. The van der Waals surface area contributed by atoms with E-state index in [1.807, 2.05) is 11.3 Å². The molecule has 2 aliphatic carbocycles. The van der Waals surface area contributed by atoms with Gasteiger partial charge in [-0.15, -0.1) is 11.3 Å². The molecule has 4 heteroatoms. The Morgan fingerprint density at radius 2 is 1.00 bits per heavy atom. The van der Waals surface area contributed by atoms with Crippen LogP contribution in [0.3, 0.4) is 0 Å². The van der Waals surface area contributed by atoms with Crippen molar-refractivity contribution >= 4 is 72.3 Å². The lowest BCUT2D eigenvalue weighted by Gasteiger charge is -2.42. The molecule has 6 aromatic rings. The molecule has 66 heavy (non-hydrogen) atoms. The molecule has 346 valence electrons. The second-order valence-corrected chi connectivity index (χ2v) is 27.8. The van der Waals surface area contributed by atoms with Crippen molar-refractivity contribution in [3.63, 3.8) is 0 Å². The lowest BCUT2D eigenvalue weighted by molar-refractivity contribution is 0.332. The number of hydrogen-bond donors (Lipinski definition) is 1. The van der Waals surface area contributed by atoms with Crippen LogP contribution in [0.4, 0.5) is 28.4 Å². The number of thiophene rings is 1. The van der Waals surface area contributed by atoms with Crippen molar-refractivity contribution in [2.75, 3.05) is 10.2 Å². The Kier molecular flexibility index (Phi) is 10.7. The van der Waals surface area contributed by atoms with Gasteiger partial charge in [-0.05, 0) is 175 Å². The zero-order valence-electron chi connectivity index (χ0n) is 44.3. The molecular formula is C62H79BN2S. The molecule has 0 fully saturated rings. The third-order valence-corrected chi connectivity index (χ3v) is 17.8. The van der Waals surface area contributed by atoms with E-state index in [1.165, 1.54) is 130 Å². The standard InChI is InChI=1S/C62H79BN2S/c1-37-30-39(56(3,4)5)21-25-49(37)65-50-32-40(57(6,7)8)20-24-48(50)63(53-38(2)31-41(33-51(53)65)58(9,10)11)55-54(64-42-22-23-44-45(34-42)60(14,15)27-26-59(44,12)13)43-35-46-47(36-52(43)66-55)62(18,19)29-28-61(46,16)17/h20-25,30-36,64H,26-29H2,1-19H3. The van der Waals surface area contributed by atoms with Crippen LogP contribution in [-0.2, 0) is 37.9 Å². The van der Waals surface area contributed by atoms with Crippen molar-refractivity contribution in [1.82, 2.24) is 0 Å². The largest absolute Gasteiger partial charge is 0.355 e. The van der Waals surface area contributed by atoms with Gasteiger partial charge < -0.3 is 10.2 Å². The van der Waals surface area contributed by atoms with Crippen molar-refractivity contribution in [2.45, 2.75) is 195 Å². The van der Waals surface area contributed by atoms with Gasteiger partial charge in [0.2, 0.25) is 0 Å². The molecule has 0 amide bonds. The highest BCUT2D eigenvalue weighted by Gasteiger charge is 2.43. The highest BCUT2D eigenvalue weighted by atomic mass is 32.1. The van der Waals surface area contributed by atoms with Crippen molar-refractivity contribution in [2.24, 2.45) is 0 Å². The first kappa shape index (κ1) is 46.8. The van der Waals surface area contributed by atoms with Crippen LogP contribution in [0.1, 0.15) is 193 Å². The SMILES string of the molecule is Cc1cc(C(C)(C)C)ccc1N1c2cc(C(C)(C)C)ccc2B(c2sc3cc4c(cc3c2Nc2ccc3c(c2)C(C)(C)CCC3(C)C)C(C)(C)CCC4(C)C)c2c(C)cc(C(C)(C)C)cc21. The quantitative estimate of drug-likeness (QED) is 0.177. The highest BCUT2D eigenvalue weighted by molar-refractivity contribution is 7.33. The Hall–Kier alpha value is -4.28. The number of aryl methyl sites for hydroxylation is 2. The summed E-state index contributed by atoms with van der Waals surface area (Å²) in [6, 6.07) is 32.3. The molecule has 0 atom stereocenters. The molecule has 0 saturated heterocycles. The third kappa shape index (κ3) is 7.78. The zero-order valence-corrected chi connectivity index (χ0v) is 45.1. The summed E-state index contributed by atoms with van der Waals surface area (Å²) in [5.41, 5.74) is 22.3. The first-order valence-corrected chi connectivity index (χ1v) is 25.9. The number of nitrogens with zero attached hydrogens (tertiary/aromatic N) is 1. The molecule has 0 radical (unpaired) electrons. The van der Waals surface area contributed by atoms with E-state index in [2.05, 4.69) is 221 Å². The van der Waals surface area contributed by atoms with Crippen molar-refractivity contribution < 1.29 is 0 Å². The number of anilines is 5. The normalized spacial score (nSPS) is 18.4. The first-order valence-electron chi connectivity index (χ1n) is 25.1. The van der Waals surface area contributed by atoms with Crippen LogP contribution in [0.5, 0.6) is 0 Å². The van der Waals surface area contributed by atoms with Gasteiger partial charge in [0, 0.05) is 37.6 Å². The Morgan fingerprint density at radius 3 is 1.58 bits per heavy atom. The molecular weight excluding hydrogens is 816 g/mol. The fraction of sp³-hybridized carbons (Fsp3) is 0.484. The second kappa shape index (κ2) is 15.1. The van der Waals surface area contributed by atoms with E-state index in [0.717, 1.165) is 0 Å². The van der Waals surface area contributed by atoms with Crippen LogP contribution in [0.2, 0.25) is 0 Å². The topological polar surface area (TPSA) is 15.3 Å². The lowest BCUT2D eigenvalue weighted by Crippen LogP contribution is -2.58. The summed E-state index contributed by atoms with van der Waals surface area (Å²) in [7, 11) is 0. The highest BCUT2D eigenvalue weighted by Crippen LogP contribution is 2.51. The lowest BCUT2D eigenvalue weighted by atomic mass is 9.36. The molecule has 0 spiro atoms. The average molecular weight is 895 g/mol. The minimum Gasteiger partial charge on any atom is -0.355 e. The maximum Gasteiger partial charge on any atom is 0.262 e. The molecule has 1 aromatic heterocycles. The molecule has 3 aliphatic rings. The van der Waals surface area contributed by atoms with E-state index in [4.69, 9.17) is 0 Å². The Balaban J connectivity index is 1.38. The van der Waals surface area contributed by atoms with Gasteiger partial charge in [0.1, 0.15) is 0 Å². The van der Waals surface area contributed by atoms with Gasteiger partial charge in [-0.25, -0.2) is 0 Å². The van der Waals surface area contributed by atoms with Crippen LogP contribution < -0.4 is 25.9 Å². The van der Waals surface area contributed by atoms with Gasteiger partial charge in [-0.2, -0.15) is 0 Å². The molecule has 1 N–H and O–H groups in total. The summed E-state index contributed by atoms with van der Waals surface area (Å²) in [5.74, 6) is 0. The molecule has 9 rings (SSSR count). The molecule has 2 nitrogen and oxygen atoms in total. The average Bonchev–Trinajstić information content (AvgIpc) is 3.55. The maximum atomic E-state index is 4.28. The van der Waals surface area contributed by atoms with E-state index >= 15 is 0 Å². The summed E-state index contributed by atoms with van der Waals surface area (Å²) in [6.45, 7) is 45.5. The van der Waals surface area contributed by atoms with Gasteiger partial charge in [0.15, 0.2) is 0 Å². The zero-order chi connectivity index (χ0) is 48.1. The minimum atomic E-state index is -0.0303. The van der Waals surface area contributed by atoms with Crippen LogP contribution in [0, 0.1) is 13.8 Å². The second-order valence-electron chi connectivity index (χ2n) is 26.7. The molecule has 0 saturated carbocycles. The van der Waals surface area contributed by atoms with E-state index in [9.17, 15) is 0 Å². The van der Waals surface area contributed by atoms with E-state index < -0.39 is 0 Å². The number of benzene rings is 5. The van der Waals surface area contributed by atoms with Crippen molar-refractivity contribution in [3.05, 3.63) is 129 Å². The van der Waals surface area contributed by atoms with Crippen LogP contribution >= 0.6 is 11.3 Å². The van der Waals surface area contributed by atoms with Crippen LogP contribution in [0.25, 0.3) is 10.1 Å². The number of hydrogen-bond acceptors (Lipinski definition) is 3. The predicted molar refractivity (Wildman–Crippen MR) is 293 cm³/mol. The fourth-order valence-electron chi connectivity index (χ4n) is 11.7. The summed E-state index contributed by atoms with van der Waals surface area (Å²) in [5, 5.41) is 5.64. The predicted octanol–water partition coefficient (Wildman–Crippen LogP) is 16.2. The number of nitrogens with one attached hydrogen (secondary N) is 1. The van der Waals surface area contributed by atoms with Gasteiger partial charge >= 0.3 is 0 Å². The molecule has 2 heterocycles.